The number of benzene rings is 1. The molecule has 1 aromatic heterocycles. The van der Waals surface area contributed by atoms with Crippen LogP contribution >= 0.6 is 0 Å². The van der Waals surface area contributed by atoms with E-state index in [1.165, 1.54) is 35.2 Å². The first kappa shape index (κ1) is 9.64. The van der Waals surface area contributed by atoms with E-state index in [0.29, 0.717) is 0 Å². The van der Waals surface area contributed by atoms with Crippen LogP contribution in [0, 0.1) is 13.8 Å². The van der Waals surface area contributed by atoms with Crippen molar-refractivity contribution in [3.8, 4) is 11.3 Å². The fourth-order valence-corrected chi connectivity index (χ4v) is 2.09. The average molecular weight is 212 g/mol. The Bertz CT molecular complexity index is 521. The van der Waals surface area contributed by atoms with E-state index >= 15 is 0 Å². The molecule has 1 aromatic carbocycles. The molecule has 0 aliphatic heterocycles. The van der Waals surface area contributed by atoms with Crippen LogP contribution in [-0.2, 0) is 0 Å². The Hall–Kier alpha value is -1.57. The molecule has 0 bridgehead atoms. The van der Waals surface area contributed by atoms with E-state index in [-0.39, 0.29) is 0 Å². The number of nitrogens with one attached hydrogen (secondary N) is 1. The number of aromatic nitrogens is 2. The zero-order chi connectivity index (χ0) is 11.1. The first-order valence-corrected chi connectivity index (χ1v) is 5.87. The summed E-state index contributed by atoms with van der Waals surface area (Å²) in [5, 5.41) is 7.59. The minimum Gasteiger partial charge on any atom is -0.282 e. The van der Waals surface area contributed by atoms with Gasteiger partial charge >= 0.3 is 0 Å². The number of hydrogen-bond donors (Lipinski definition) is 1. The topological polar surface area (TPSA) is 28.7 Å². The Morgan fingerprint density at radius 1 is 1.19 bits per heavy atom. The van der Waals surface area contributed by atoms with Crippen LogP contribution in [0.25, 0.3) is 11.3 Å². The zero-order valence-corrected chi connectivity index (χ0v) is 9.75. The highest BCUT2D eigenvalue weighted by Gasteiger charge is 2.25. The van der Waals surface area contributed by atoms with E-state index in [4.69, 9.17) is 0 Å². The third-order valence-electron chi connectivity index (χ3n) is 3.28. The van der Waals surface area contributed by atoms with Gasteiger partial charge in [0.15, 0.2) is 0 Å². The fraction of sp³-hybridized carbons (Fsp3) is 0.357. The molecule has 2 nitrogen and oxygen atoms in total. The van der Waals surface area contributed by atoms with Crippen molar-refractivity contribution in [2.24, 2.45) is 0 Å². The SMILES string of the molecule is Cc1ccc(C)c(-c2cc(C3CC3)[nH]n2)c1. The monoisotopic (exact) mass is 212 g/mol. The maximum absolute atomic E-state index is 4.42. The Morgan fingerprint density at radius 2 is 2.00 bits per heavy atom. The van der Waals surface area contributed by atoms with Crippen LogP contribution in [0.15, 0.2) is 24.3 Å². The molecule has 0 radical (unpaired) electrons. The molecule has 1 saturated carbocycles. The minimum absolute atomic E-state index is 0.742. The van der Waals surface area contributed by atoms with E-state index in [0.717, 1.165) is 11.6 Å². The lowest BCUT2D eigenvalue weighted by atomic mass is 10.0. The predicted molar refractivity (Wildman–Crippen MR) is 65.5 cm³/mol. The summed E-state index contributed by atoms with van der Waals surface area (Å²) in [7, 11) is 0. The third-order valence-corrected chi connectivity index (χ3v) is 3.28. The molecule has 82 valence electrons. The van der Waals surface area contributed by atoms with Crippen LogP contribution in [-0.4, -0.2) is 10.2 Å². The molecule has 3 rings (SSSR count). The molecule has 0 saturated heterocycles. The highest BCUT2D eigenvalue weighted by atomic mass is 15.1. The summed E-state index contributed by atoms with van der Waals surface area (Å²) in [4.78, 5) is 0. The average Bonchev–Trinajstić information content (AvgIpc) is 3.01. The van der Waals surface area contributed by atoms with Crippen molar-refractivity contribution in [2.75, 3.05) is 0 Å². The molecule has 0 spiro atoms. The number of hydrogen-bond acceptors (Lipinski definition) is 1. The van der Waals surface area contributed by atoms with Crippen molar-refractivity contribution in [2.45, 2.75) is 32.6 Å². The lowest BCUT2D eigenvalue weighted by molar-refractivity contribution is 0.966. The van der Waals surface area contributed by atoms with E-state index in [2.05, 4.69) is 48.3 Å². The highest BCUT2D eigenvalue weighted by Crippen LogP contribution is 2.40. The Balaban J connectivity index is 2.03. The van der Waals surface area contributed by atoms with Gasteiger partial charge in [0.2, 0.25) is 0 Å². The Labute approximate surface area is 95.7 Å². The number of aromatic amines is 1. The van der Waals surface area contributed by atoms with Crippen LogP contribution < -0.4 is 0 Å². The van der Waals surface area contributed by atoms with E-state index in [1.54, 1.807) is 0 Å². The second-order valence-electron chi connectivity index (χ2n) is 4.80. The molecule has 2 aromatic rings. The normalized spacial score (nSPS) is 15.4. The van der Waals surface area contributed by atoms with Gasteiger partial charge in [-0.15, -0.1) is 0 Å². The molecule has 2 heteroatoms. The lowest BCUT2D eigenvalue weighted by Crippen LogP contribution is -1.84. The maximum Gasteiger partial charge on any atom is 0.0926 e. The van der Waals surface area contributed by atoms with Crippen molar-refractivity contribution >= 4 is 0 Å². The quantitative estimate of drug-likeness (QED) is 0.810. The van der Waals surface area contributed by atoms with Gasteiger partial charge in [0.25, 0.3) is 0 Å². The molecule has 16 heavy (non-hydrogen) atoms. The van der Waals surface area contributed by atoms with Gasteiger partial charge in [-0.25, -0.2) is 0 Å². The predicted octanol–water partition coefficient (Wildman–Crippen LogP) is 3.57. The molecule has 1 heterocycles. The smallest absolute Gasteiger partial charge is 0.0926 e. The third kappa shape index (κ3) is 1.64. The van der Waals surface area contributed by atoms with Crippen molar-refractivity contribution in [1.82, 2.24) is 10.2 Å². The first-order valence-electron chi connectivity index (χ1n) is 5.87. The van der Waals surface area contributed by atoms with E-state index in [1.807, 2.05) is 0 Å². The fourth-order valence-electron chi connectivity index (χ4n) is 2.09. The summed E-state index contributed by atoms with van der Waals surface area (Å²) < 4.78 is 0. The lowest BCUT2D eigenvalue weighted by Gasteiger charge is -2.03. The molecule has 1 fully saturated rings. The summed E-state index contributed by atoms with van der Waals surface area (Å²) >= 11 is 0. The molecule has 0 amide bonds. The first-order chi connectivity index (χ1) is 7.74. The molecule has 1 aliphatic rings. The minimum atomic E-state index is 0.742. The van der Waals surface area contributed by atoms with Gasteiger partial charge < -0.3 is 0 Å². The van der Waals surface area contributed by atoms with Gasteiger partial charge in [0.05, 0.1) is 5.69 Å². The molecule has 1 aliphatic carbocycles. The van der Waals surface area contributed by atoms with E-state index < -0.39 is 0 Å². The van der Waals surface area contributed by atoms with Crippen LogP contribution in [0.4, 0.5) is 0 Å². The molecule has 0 atom stereocenters. The number of nitrogens with zero attached hydrogens (tertiary/aromatic N) is 1. The van der Waals surface area contributed by atoms with Crippen molar-refractivity contribution in [1.29, 1.82) is 0 Å². The van der Waals surface area contributed by atoms with Gasteiger partial charge in [-0.3, -0.25) is 5.10 Å². The molecule has 0 unspecified atom stereocenters. The number of H-pyrrole nitrogens is 1. The molecular formula is C14H16N2. The maximum atomic E-state index is 4.42. The molecule has 1 N–H and O–H groups in total. The Kier molecular flexibility index (Phi) is 2.10. The second kappa shape index (κ2) is 3.48. The van der Waals surface area contributed by atoms with Crippen molar-refractivity contribution in [3.05, 3.63) is 41.1 Å². The number of aryl methyl sites for hydroxylation is 2. The van der Waals surface area contributed by atoms with Gasteiger partial charge in [0.1, 0.15) is 0 Å². The van der Waals surface area contributed by atoms with Crippen LogP contribution in [0.1, 0.15) is 35.6 Å². The summed E-state index contributed by atoms with van der Waals surface area (Å²) in [5.41, 5.74) is 6.22. The van der Waals surface area contributed by atoms with Crippen molar-refractivity contribution in [3.63, 3.8) is 0 Å². The second-order valence-corrected chi connectivity index (χ2v) is 4.80. The van der Waals surface area contributed by atoms with Gasteiger partial charge in [-0.1, -0.05) is 17.7 Å². The van der Waals surface area contributed by atoms with Crippen LogP contribution in [0.3, 0.4) is 0 Å². The van der Waals surface area contributed by atoms with E-state index in [9.17, 15) is 0 Å². The Morgan fingerprint density at radius 3 is 2.75 bits per heavy atom. The standard InChI is InChI=1S/C14H16N2/c1-9-3-4-10(2)12(7-9)14-8-13(15-16-14)11-5-6-11/h3-4,7-8,11H,5-6H2,1-2H3,(H,15,16). The zero-order valence-electron chi connectivity index (χ0n) is 9.75. The van der Waals surface area contributed by atoms with Gasteiger partial charge in [-0.2, -0.15) is 5.10 Å². The summed E-state index contributed by atoms with van der Waals surface area (Å²) in [6, 6.07) is 8.73. The highest BCUT2D eigenvalue weighted by molar-refractivity contribution is 5.64. The van der Waals surface area contributed by atoms with Crippen LogP contribution in [0.5, 0.6) is 0 Å². The summed E-state index contributed by atoms with van der Waals surface area (Å²) in [6.45, 7) is 4.26. The largest absolute Gasteiger partial charge is 0.282 e. The number of rotatable bonds is 2. The van der Waals surface area contributed by atoms with Crippen molar-refractivity contribution < 1.29 is 0 Å². The van der Waals surface area contributed by atoms with Gasteiger partial charge in [-0.05, 0) is 44.4 Å². The summed E-state index contributed by atoms with van der Waals surface area (Å²) in [6.07, 6.45) is 2.63. The molecular weight excluding hydrogens is 196 g/mol. The summed E-state index contributed by atoms with van der Waals surface area (Å²) in [5.74, 6) is 0.742. The van der Waals surface area contributed by atoms with Gasteiger partial charge in [0, 0.05) is 17.2 Å². The van der Waals surface area contributed by atoms with Crippen LogP contribution in [0.2, 0.25) is 0 Å².